The third-order valence-electron chi connectivity index (χ3n) is 4.72. The Bertz CT molecular complexity index is 1250. The van der Waals surface area contributed by atoms with Crippen LogP contribution in [0, 0.1) is 34.9 Å². The molecule has 0 saturated carbocycles. The molecule has 1 N–H and O–H groups in total. The van der Waals surface area contributed by atoms with Crippen molar-refractivity contribution in [2.24, 2.45) is 5.41 Å². The van der Waals surface area contributed by atoms with Crippen molar-refractivity contribution in [1.82, 2.24) is 4.98 Å². The van der Waals surface area contributed by atoms with Crippen molar-refractivity contribution in [3.8, 4) is 18.4 Å². The number of nitriles is 1. The molecule has 0 aliphatic rings. The SMILES string of the molecule is [2H][C@@](C#C)(Cc1cc(Cl)c2ncc(C#N)c(NCC(C)(C)C)c2c1)c1c(F)cccc1Cl. The summed E-state index contributed by atoms with van der Waals surface area (Å²) in [4.78, 5) is 4.34. The van der Waals surface area contributed by atoms with Gasteiger partial charge in [-0.1, -0.05) is 56.0 Å². The monoisotopic (exact) mass is 454 g/mol. The van der Waals surface area contributed by atoms with Crippen molar-refractivity contribution in [2.75, 3.05) is 11.9 Å². The number of terminal acetylenes is 1. The molecule has 0 aliphatic heterocycles. The Morgan fingerprint density at radius 1 is 1.29 bits per heavy atom. The van der Waals surface area contributed by atoms with Gasteiger partial charge in [0.2, 0.25) is 0 Å². The number of aromatic nitrogens is 1. The number of fused-ring (bicyclic) bond motifs is 1. The second-order valence-electron chi connectivity index (χ2n) is 8.44. The van der Waals surface area contributed by atoms with Crippen LogP contribution in [0.3, 0.4) is 0 Å². The maximum absolute atomic E-state index is 14.6. The fraction of sp³-hybridized carbons (Fsp3) is 0.280. The van der Waals surface area contributed by atoms with Gasteiger partial charge in [-0.15, -0.1) is 6.42 Å². The highest BCUT2D eigenvalue weighted by molar-refractivity contribution is 6.35. The van der Waals surface area contributed by atoms with Gasteiger partial charge in [-0.25, -0.2) is 4.39 Å². The van der Waals surface area contributed by atoms with E-state index in [1.807, 2.05) is 0 Å². The molecule has 0 bridgehead atoms. The number of nitrogens with zero attached hydrogens (tertiary/aromatic N) is 2. The quantitative estimate of drug-likeness (QED) is 0.423. The van der Waals surface area contributed by atoms with E-state index in [1.165, 1.54) is 24.4 Å². The minimum absolute atomic E-state index is 0.0324. The largest absolute Gasteiger partial charge is 0.383 e. The van der Waals surface area contributed by atoms with Crippen LogP contribution >= 0.6 is 23.2 Å². The number of hydrogen-bond donors (Lipinski definition) is 1. The third kappa shape index (κ3) is 5.10. The van der Waals surface area contributed by atoms with Crippen LogP contribution in [-0.2, 0) is 6.42 Å². The van der Waals surface area contributed by atoms with Gasteiger partial charge in [0.05, 0.1) is 27.7 Å². The lowest BCUT2D eigenvalue weighted by Gasteiger charge is -2.21. The zero-order chi connectivity index (χ0) is 23.7. The Labute approximate surface area is 193 Å². The van der Waals surface area contributed by atoms with Crippen LogP contribution in [0.5, 0.6) is 0 Å². The Kier molecular flexibility index (Phi) is 6.33. The molecule has 3 aromatic rings. The van der Waals surface area contributed by atoms with E-state index < -0.39 is 11.7 Å². The van der Waals surface area contributed by atoms with Crippen molar-refractivity contribution in [3.63, 3.8) is 0 Å². The van der Waals surface area contributed by atoms with Crippen LogP contribution in [0.15, 0.2) is 36.5 Å². The highest BCUT2D eigenvalue weighted by atomic mass is 35.5. The summed E-state index contributed by atoms with van der Waals surface area (Å²) in [6.45, 7) is 6.84. The molecule has 6 heteroatoms. The molecule has 1 aromatic heterocycles. The molecule has 0 spiro atoms. The van der Waals surface area contributed by atoms with Crippen molar-refractivity contribution in [2.45, 2.75) is 33.1 Å². The maximum Gasteiger partial charge on any atom is 0.129 e. The van der Waals surface area contributed by atoms with E-state index in [0.29, 0.717) is 39.3 Å². The normalized spacial score (nSPS) is 13.7. The fourth-order valence-electron chi connectivity index (χ4n) is 3.25. The van der Waals surface area contributed by atoms with Gasteiger partial charge < -0.3 is 5.32 Å². The summed E-state index contributed by atoms with van der Waals surface area (Å²) in [5, 5.41) is 14.0. The first-order chi connectivity index (χ1) is 15.0. The summed E-state index contributed by atoms with van der Waals surface area (Å²) in [5.41, 5.74) is 2.01. The summed E-state index contributed by atoms with van der Waals surface area (Å²) in [5.74, 6) is -0.00158. The third-order valence-corrected chi connectivity index (χ3v) is 5.32. The number of nitrogens with one attached hydrogen (secondary N) is 1. The molecule has 0 unspecified atom stereocenters. The van der Waals surface area contributed by atoms with E-state index in [2.05, 4.69) is 43.1 Å². The highest BCUT2D eigenvalue weighted by Crippen LogP contribution is 2.35. The lowest BCUT2D eigenvalue weighted by atomic mass is 9.91. The Balaban J connectivity index is 2.16. The van der Waals surface area contributed by atoms with E-state index in [1.54, 1.807) is 12.1 Å². The van der Waals surface area contributed by atoms with Crippen molar-refractivity contribution in [3.05, 3.63) is 69.1 Å². The molecule has 0 aliphatic carbocycles. The zero-order valence-electron chi connectivity index (χ0n) is 18.5. The van der Waals surface area contributed by atoms with Crippen LogP contribution < -0.4 is 5.32 Å². The van der Waals surface area contributed by atoms with Gasteiger partial charge in [0.1, 0.15) is 11.9 Å². The van der Waals surface area contributed by atoms with E-state index in [9.17, 15) is 9.65 Å². The Hall–Kier alpha value is -2.79. The topological polar surface area (TPSA) is 48.7 Å². The predicted molar refractivity (Wildman–Crippen MR) is 126 cm³/mol. The lowest BCUT2D eigenvalue weighted by molar-refractivity contribution is 0.443. The van der Waals surface area contributed by atoms with Crippen LogP contribution in [0.25, 0.3) is 10.9 Å². The average Bonchev–Trinajstić information content (AvgIpc) is 2.71. The predicted octanol–water partition coefficient (Wildman–Crippen LogP) is 6.97. The van der Waals surface area contributed by atoms with E-state index in [4.69, 9.17) is 31.0 Å². The molecule has 158 valence electrons. The van der Waals surface area contributed by atoms with Crippen molar-refractivity contribution >= 4 is 39.8 Å². The average molecular weight is 455 g/mol. The molecule has 1 heterocycles. The first kappa shape index (κ1) is 21.4. The molecular formula is C25H22Cl2FN3. The van der Waals surface area contributed by atoms with Gasteiger partial charge >= 0.3 is 0 Å². The second kappa shape index (κ2) is 9.15. The molecular weight excluding hydrogens is 432 g/mol. The number of pyridine rings is 1. The molecule has 0 radical (unpaired) electrons. The van der Waals surface area contributed by atoms with Gasteiger partial charge in [0.15, 0.2) is 0 Å². The minimum Gasteiger partial charge on any atom is -0.383 e. The number of hydrogen-bond acceptors (Lipinski definition) is 3. The number of halogens is 3. The molecule has 3 rings (SSSR count). The lowest BCUT2D eigenvalue weighted by Crippen LogP contribution is -2.19. The van der Waals surface area contributed by atoms with Crippen molar-refractivity contribution < 1.29 is 5.76 Å². The second-order valence-corrected chi connectivity index (χ2v) is 9.26. The molecule has 3 nitrogen and oxygen atoms in total. The van der Waals surface area contributed by atoms with Gasteiger partial charge in [-0.2, -0.15) is 5.26 Å². The molecule has 0 fully saturated rings. The van der Waals surface area contributed by atoms with Crippen LogP contribution in [0.1, 0.15) is 44.7 Å². The minimum atomic E-state index is -1.75. The van der Waals surface area contributed by atoms with Gasteiger partial charge in [-0.3, -0.25) is 4.98 Å². The van der Waals surface area contributed by atoms with Crippen LogP contribution in [0.4, 0.5) is 10.1 Å². The molecule has 31 heavy (non-hydrogen) atoms. The molecule has 2 aromatic carbocycles. The molecule has 1 atom stereocenters. The highest BCUT2D eigenvalue weighted by Gasteiger charge is 2.20. The van der Waals surface area contributed by atoms with Crippen LogP contribution in [0.2, 0.25) is 10.0 Å². The summed E-state index contributed by atoms with van der Waals surface area (Å²) in [7, 11) is 0. The smallest absolute Gasteiger partial charge is 0.129 e. The number of rotatable bonds is 5. The standard InChI is InChI=1S/C25H22Cl2FN3/c1-5-16(22-19(26)7-6-8-21(22)28)9-15-10-18-23(31-14-25(2,3)4)17(12-29)13-30-24(18)20(27)11-15/h1,6-8,10-11,13,16H,9,14H2,2-4H3,(H,30,31)/t16-/m1/s1/i16D. The zero-order valence-corrected chi connectivity index (χ0v) is 19.0. The molecule has 0 amide bonds. The van der Waals surface area contributed by atoms with Crippen molar-refractivity contribution in [1.29, 1.82) is 5.26 Å². The summed E-state index contributed by atoms with van der Waals surface area (Å²) in [6, 6.07) is 9.80. The van der Waals surface area contributed by atoms with E-state index in [-0.39, 0.29) is 22.4 Å². The first-order valence-electron chi connectivity index (χ1n) is 10.2. The summed E-state index contributed by atoms with van der Waals surface area (Å²) >= 11 is 12.7. The maximum atomic E-state index is 14.6. The van der Waals surface area contributed by atoms with E-state index >= 15 is 0 Å². The fourth-order valence-corrected chi connectivity index (χ4v) is 3.82. The van der Waals surface area contributed by atoms with Crippen LogP contribution in [-0.4, -0.2) is 11.5 Å². The summed E-state index contributed by atoms with van der Waals surface area (Å²) in [6.07, 6.45) is 7.13. The molecule has 0 saturated heterocycles. The number of anilines is 1. The van der Waals surface area contributed by atoms with Gasteiger partial charge in [-0.05, 0) is 41.7 Å². The van der Waals surface area contributed by atoms with Gasteiger partial charge in [0, 0.05) is 30.1 Å². The number of benzene rings is 2. The first-order valence-corrected chi connectivity index (χ1v) is 10.4. The summed E-state index contributed by atoms with van der Waals surface area (Å²) < 4.78 is 23.4. The van der Waals surface area contributed by atoms with E-state index in [0.717, 1.165) is 0 Å². The Morgan fingerprint density at radius 2 is 2.03 bits per heavy atom. The Morgan fingerprint density at radius 3 is 2.65 bits per heavy atom. The van der Waals surface area contributed by atoms with Gasteiger partial charge in [0.25, 0.3) is 0 Å².